The van der Waals surface area contributed by atoms with Crippen LogP contribution in [0.15, 0.2) is 0 Å². The first kappa shape index (κ1) is 6.55. The fraction of sp³-hybridized carbons (Fsp3) is 0.833. The molecule has 1 aliphatic heterocycles. The van der Waals surface area contributed by atoms with Gasteiger partial charge in [-0.05, 0) is 6.92 Å². The Morgan fingerprint density at radius 3 is 2.78 bits per heavy atom. The van der Waals surface area contributed by atoms with Crippen LogP contribution in [0.3, 0.4) is 0 Å². The van der Waals surface area contributed by atoms with Gasteiger partial charge in [0.1, 0.15) is 12.2 Å². The molecule has 0 bridgehead atoms. The first-order chi connectivity index (χ1) is 4.12. The molecule has 1 rings (SSSR count). The summed E-state index contributed by atoms with van der Waals surface area (Å²) in [5.74, 6) is -0.244. The van der Waals surface area contributed by atoms with Gasteiger partial charge in [-0.25, -0.2) is 0 Å². The van der Waals surface area contributed by atoms with E-state index in [2.05, 4.69) is 0 Å². The van der Waals surface area contributed by atoms with Crippen LogP contribution in [-0.2, 0) is 14.3 Å². The van der Waals surface area contributed by atoms with E-state index in [0.29, 0.717) is 13.2 Å². The van der Waals surface area contributed by atoms with Gasteiger partial charge in [-0.1, -0.05) is 0 Å². The van der Waals surface area contributed by atoms with Crippen molar-refractivity contribution < 1.29 is 14.3 Å². The Kier molecular flexibility index (Phi) is 1.45. The van der Waals surface area contributed by atoms with E-state index in [1.54, 1.807) is 0 Å². The average molecular weight is 130 g/mol. The summed E-state index contributed by atoms with van der Waals surface area (Å²) in [6.07, 6.45) is 0. The molecule has 0 radical (unpaired) electrons. The van der Waals surface area contributed by atoms with Crippen LogP contribution in [0, 0.1) is 0 Å². The highest BCUT2D eigenvalue weighted by Crippen LogP contribution is 2.25. The second-order valence-electron chi connectivity index (χ2n) is 2.52. The molecule has 1 aliphatic rings. The molecule has 9 heavy (non-hydrogen) atoms. The van der Waals surface area contributed by atoms with Gasteiger partial charge < -0.3 is 9.47 Å². The molecule has 0 N–H and O–H groups in total. The van der Waals surface area contributed by atoms with Crippen molar-refractivity contribution in [2.24, 2.45) is 0 Å². The van der Waals surface area contributed by atoms with E-state index in [0.717, 1.165) is 0 Å². The van der Waals surface area contributed by atoms with Crippen LogP contribution < -0.4 is 0 Å². The summed E-state index contributed by atoms with van der Waals surface area (Å²) in [7, 11) is 0. The maximum absolute atomic E-state index is 10.2. The van der Waals surface area contributed by atoms with Crippen molar-refractivity contribution in [2.75, 3.05) is 13.2 Å². The van der Waals surface area contributed by atoms with E-state index in [-0.39, 0.29) is 11.6 Å². The number of epoxide rings is 1. The summed E-state index contributed by atoms with van der Waals surface area (Å²) in [6, 6.07) is 0. The van der Waals surface area contributed by atoms with Crippen molar-refractivity contribution in [2.45, 2.75) is 19.4 Å². The lowest BCUT2D eigenvalue weighted by Crippen LogP contribution is -2.16. The van der Waals surface area contributed by atoms with Gasteiger partial charge >= 0.3 is 5.97 Å². The highest BCUT2D eigenvalue weighted by atomic mass is 16.6. The van der Waals surface area contributed by atoms with Crippen LogP contribution >= 0.6 is 0 Å². The molecule has 0 aromatic carbocycles. The number of carbonyl (C=O) groups is 1. The molecule has 0 saturated carbocycles. The van der Waals surface area contributed by atoms with Crippen LogP contribution in [0.5, 0.6) is 0 Å². The predicted molar refractivity (Wildman–Crippen MR) is 31.0 cm³/mol. The van der Waals surface area contributed by atoms with E-state index in [1.807, 2.05) is 6.92 Å². The van der Waals surface area contributed by atoms with Gasteiger partial charge in [-0.3, -0.25) is 4.79 Å². The molecule has 1 atom stereocenters. The summed E-state index contributed by atoms with van der Waals surface area (Å²) < 4.78 is 9.67. The van der Waals surface area contributed by atoms with Crippen molar-refractivity contribution in [1.82, 2.24) is 0 Å². The minimum absolute atomic E-state index is 0.161. The van der Waals surface area contributed by atoms with Crippen LogP contribution in [0.1, 0.15) is 13.8 Å². The summed E-state index contributed by atoms with van der Waals surface area (Å²) in [6.45, 7) is 4.41. The van der Waals surface area contributed by atoms with Crippen molar-refractivity contribution >= 4 is 5.97 Å². The normalized spacial score (nSPS) is 31.8. The molecular formula is C6H10O3. The van der Waals surface area contributed by atoms with Gasteiger partial charge in [0.15, 0.2) is 0 Å². The maximum Gasteiger partial charge on any atom is 0.302 e. The van der Waals surface area contributed by atoms with Crippen LogP contribution in [0.25, 0.3) is 0 Å². The van der Waals surface area contributed by atoms with Crippen molar-refractivity contribution in [3.8, 4) is 0 Å². The topological polar surface area (TPSA) is 38.8 Å². The molecule has 0 aromatic heterocycles. The van der Waals surface area contributed by atoms with Crippen molar-refractivity contribution in [3.63, 3.8) is 0 Å². The SMILES string of the molecule is CC(=O)OCC1(C)CO1. The standard InChI is InChI=1S/C6H10O3/c1-5(7)8-3-6(2)4-9-6/h3-4H2,1-2H3. The smallest absolute Gasteiger partial charge is 0.302 e. The number of ether oxygens (including phenoxy) is 2. The highest BCUT2D eigenvalue weighted by Gasteiger charge is 2.40. The molecule has 3 heteroatoms. The van der Waals surface area contributed by atoms with Crippen molar-refractivity contribution in [1.29, 1.82) is 0 Å². The van der Waals surface area contributed by atoms with Crippen LogP contribution in [0.4, 0.5) is 0 Å². The van der Waals surface area contributed by atoms with E-state index in [1.165, 1.54) is 6.92 Å². The van der Waals surface area contributed by atoms with Gasteiger partial charge in [-0.2, -0.15) is 0 Å². The molecule has 0 aromatic rings. The molecule has 3 nitrogen and oxygen atoms in total. The lowest BCUT2D eigenvalue weighted by atomic mass is 10.2. The van der Waals surface area contributed by atoms with E-state index >= 15 is 0 Å². The quantitative estimate of drug-likeness (QED) is 0.399. The Labute approximate surface area is 53.9 Å². The van der Waals surface area contributed by atoms with E-state index in [9.17, 15) is 4.79 Å². The van der Waals surface area contributed by atoms with Gasteiger partial charge in [0.2, 0.25) is 0 Å². The lowest BCUT2D eigenvalue weighted by molar-refractivity contribution is -0.142. The zero-order chi connectivity index (χ0) is 6.91. The first-order valence-corrected chi connectivity index (χ1v) is 2.90. The molecule has 1 unspecified atom stereocenters. The molecule has 0 amide bonds. The molecule has 1 fully saturated rings. The number of rotatable bonds is 2. The second kappa shape index (κ2) is 1.99. The minimum atomic E-state index is -0.244. The van der Waals surface area contributed by atoms with E-state index in [4.69, 9.17) is 9.47 Å². The Bertz CT molecular complexity index is 126. The Hall–Kier alpha value is -0.570. The molecule has 52 valence electrons. The number of hydrogen-bond acceptors (Lipinski definition) is 3. The van der Waals surface area contributed by atoms with Gasteiger partial charge in [-0.15, -0.1) is 0 Å². The minimum Gasteiger partial charge on any atom is -0.463 e. The molecular weight excluding hydrogens is 120 g/mol. The molecule has 1 heterocycles. The van der Waals surface area contributed by atoms with E-state index < -0.39 is 0 Å². The summed E-state index contributed by atoms with van der Waals surface area (Å²) in [4.78, 5) is 10.2. The lowest BCUT2D eigenvalue weighted by Gasteiger charge is -2.02. The zero-order valence-electron chi connectivity index (χ0n) is 5.64. The first-order valence-electron chi connectivity index (χ1n) is 2.90. The largest absolute Gasteiger partial charge is 0.463 e. The number of hydrogen-bond donors (Lipinski definition) is 0. The highest BCUT2D eigenvalue weighted by molar-refractivity contribution is 5.65. The number of carbonyl (C=O) groups excluding carboxylic acids is 1. The third-order valence-corrected chi connectivity index (χ3v) is 1.22. The van der Waals surface area contributed by atoms with Crippen LogP contribution in [-0.4, -0.2) is 24.8 Å². The van der Waals surface area contributed by atoms with Crippen LogP contribution in [0.2, 0.25) is 0 Å². The van der Waals surface area contributed by atoms with Gasteiger partial charge in [0, 0.05) is 6.92 Å². The monoisotopic (exact) mass is 130 g/mol. The van der Waals surface area contributed by atoms with Gasteiger partial charge in [0.05, 0.1) is 6.61 Å². The summed E-state index contributed by atoms with van der Waals surface area (Å²) in [5, 5.41) is 0. The third-order valence-electron chi connectivity index (χ3n) is 1.22. The third kappa shape index (κ3) is 2.01. The second-order valence-corrected chi connectivity index (χ2v) is 2.52. The zero-order valence-corrected chi connectivity index (χ0v) is 5.64. The van der Waals surface area contributed by atoms with Gasteiger partial charge in [0.25, 0.3) is 0 Å². The maximum atomic E-state index is 10.2. The fourth-order valence-corrected chi connectivity index (χ4v) is 0.461. The predicted octanol–water partition coefficient (Wildman–Crippen LogP) is 0.338. The fourth-order valence-electron chi connectivity index (χ4n) is 0.461. The molecule has 0 spiro atoms. The van der Waals surface area contributed by atoms with Crippen molar-refractivity contribution in [3.05, 3.63) is 0 Å². The Morgan fingerprint density at radius 2 is 2.44 bits per heavy atom. The molecule has 1 saturated heterocycles. The number of esters is 1. The summed E-state index contributed by atoms with van der Waals surface area (Å²) in [5.41, 5.74) is -0.161. The Morgan fingerprint density at radius 1 is 1.89 bits per heavy atom. The average Bonchev–Trinajstić information content (AvgIpc) is 2.45. The Balaban J connectivity index is 2.12. The molecule has 0 aliphatic carbocycles. The summed E-state index contributed by atoms with van der Waals surface area (Å²) >= 11 is 0.